The predicted molar refractivity (Wildman–Crippen MR) is 61.7 cm³/mol. The van der Waals surface area contributed by atoms with Gasteiger partial charge in [-0.15, -0.1) is 0 Å². The van der Waals surface area contributed by atoms with E-state index < -0.39 is 0 Å². The highest BCUT2D eigenvalue weighted by molar-refractivity contribution is 5.17. The fourth-order valence-corrected chi connectivity index (χ4v) is 1.92. The van der Waals surface area contributed by atoms with Crippen molar-refractivity contribution in [2.45, 2.75) is 32.4 Å². The van der Waals surface area contributed by atoms with Gasteiger partial charge in [0.1, 0.15) is 0 Å². The van der Waals surface area contributed by atoms with Crippen LogP contribution < -0.4 is 5.32 Å². The van der Waals surface area contributed by atoms with E-state index in [0.29, 0.717) is 6.61 Å². The molecule has 0 aromatic carbocycles. The summed E-state index contributed by atoms with van der Waals surface area (Å²) in [5.41, 5.74) is 0.922. The number of aromatic nitrogens is 1. The van der Waals surface area contributed by atoms with Gasteiger partial charge in [0, 0.05) is 19.0 Å². The Morgan fingerprint density at radius 3 is 2.73 bits per heavy atom. The minimum Gasteiger partial charge on any atom is -0.374 e. The van der Waals surface area contributed by atoms with Crippen molar-refractivity contribution in [2.24, 2.45) is 0 Å². The Morgan fingerprint density at radius 2 is 2.27 bits per heavy atom. The number of pyridine rings is 1. The van der Waals surface area contributed by atoms with Gasteiger partial charge in [0.15, 0.2) is 0 Å². The van der Waals surface area contributed by atoms with E-state index in [2.05, 4.69) is 30.2 Å². The molecule has 84 valence electrons. The predicted octanol–water partition coefficient (Wildman–Crippen LogP) is 2.16. The molecule has 3 heteroatoms. The van der Waals surface area contributed by atoms with Crippen LogP contribution in [0.2, 0.25) is 0 Å². The molecule has 0 aliphatic carbocycles. The van der Waals surface area contributed by atoms with Crippen molar-refractivity contribution in [3.05, 3.63) is 30.1 Å². The number of ether oxygens (including phenoxy) is 1. The van der Waals surface area contributed by atoms with Gasteiger partial charge in [-0.1, -0.05) is 6.07 Å². The molecule has 3 nitrogen and oxygen atoms in total. The van der Waals surface area contributed by atoms with E-state index in [9.17, 15) is 0 Å². The van der Waals surface area contributed by atoms with Gasteiger partial charge in [-0.05, 0) is 39.4 Å². The van der Waals surface area contributed by atoms with E-state index in [-0.39, 0.29) is 11.6 Å². The SMILES string of the molecule is CCOC(C)(C)C(NC)c1cccnc1. The van der Waals surface area contributed by atoms with Gasteiger partial charge in [-0.2, -0.15) is 0 Å². The van der Waals surface area contributed by atoms with Crippen molar-refractivity contribution in [1.29, 1.82) is 0 Å². The zero-order chi connectivity index (χ0) is 11.3. The molecule has 0 saturated carbocycles. The average molecular weight is 208 g/mol. The first-order valence-corrected chi connectivity index (χ1v) is 5.33. The number of likely N-dealkylation sites (N-methyl/N-ethyl adjacent to an activating group) is 1. The van der Waals surface area contributed by atoms with Crippen LogP contribution in [0.1, 0.15) is 32.4 Å². The van der Waals surface area contributed by atoms with Crippen LogP contribution >= 0.6 is 0 Å². The molecule has 1 atom stereocenters. The smallest absolute Gasteiger partial charge is 0.0820 e. The van der Waals surface area contributed by atoms with Crippen molar-refractivity contribution in [3.63, 3.8) is 0 Å². The average Bonchev–Trinajstić information content (AvgIpc) is 2.19. The maximum absolute atomic E-state index is 5.75. The normalized spacial score (nSPS) is 13.9. The van der Waals surface area contributed by atoms with Gasteiger partial charge in [-0.3, -0.25) is 4.98 Å². The molecule has 1 aromatic heterocycles. The fourth-order valence-electron chi connectivity index (χ4n) is 1.92. The maximum Gasteiger partial charge on any atom is 0.0820 e. The number of rotatable bonds is 5. The summed E-state index contributed by atoms with van der Waals surface area (Å²) in [6.07, 6.45) is 3.66. The standard InChI is InChI=1S/C12H20N2O/c1-5-15-12(2,3)11(13-4)10-7-6-8-14-9-10/h6-9,11,13H,5H2,1-4H3. The molecule has 0 radical (unpaired) electrons. The maximum atomic E-state index is 5.75. The van der Waals surface area contributed by atoms with E-state index >= 15 is 0 Å². The molecule has 0 aliphatic heterocycles. The number of hydrogen-bond donors (Lipinski definition) is 1. The zero-order valence-corrected chi connectivity index (χ0v) is 9.95. The van der Waals surface area contributed by atoms with Gasteiger partial charge in [0.2, 0.25) is 0 Å². The third kappa shape index (κ3) is 3.01. The fraction of sp³-hybridized carbons (Fsp3) is 0.583. The van der Waals surface area contributed by atoms with Crippen molar-refractivity contribution < 1.29 is 4.74 Å². The zero-order valence-electron chi connectivity index (χ0n) is 9.95. The first-order chi connectivity index (χ1) is 7.11. The van der Waals surface area contributed by atoms with Crippen LogP contribution in [0, 0.1) is 0 Å². The first-order valence-electron chi connectivity index (χ1n) is 5.33. The van der Waals surface area contributed by atoms with Crippen LogP contribution in [-0.4, -0.2) is 24.2 Å². The molecule has 1 N–H and O–H groups in total. The Morgan fingerprint density at radius 1 is 1.53 bits per heavy atom. The van der Waals surface area contributed by atoms with Gasteiger partial charge < -0.3 is 10.1 Å². The molecule has 1 unspecified atom stereocenters. The molecule has 0 bridgehead atoms. The van der Waals surface area contributed by atoms with Crippen molar-refractivity contribution >= 4 is 0 Å². The van der Waals surface area contributed by atoms with Gasteiger partial charge in [-0.25, -0.2) is 0 Å². The molecule has 1 heterocycles. The summed E-state index contributed by atoms with van der Waals surface area (Å²) in [5, 5.41) is 3.28. The van der Waals surface area contributed by atoms with Crippen LogP contribution in [0.5, 0.6) is 0 Å². The summed E-state index contributed by atoms with van der Waals surface area (Å²) < 4.78 is 5.75. The van der Waals surface area contributed by atoms with Gasteiger partial charge in [0.25, 0.3) is 0 Å². The van der Waals surface area contributed by atoms with Gasteiger partial charge in [0.05, 0.1) is 11.6 Å². The lowest BCUT2D eigenvalue weighted by molar-refractivity contribution is -0.0375. The second-order valence-corrected chi connectivity index (χ2v) is 4.04. The summed E-state index contributed by atoms with van der Waals surface area (Å²) in [4.78, 5) is 4.13. The molecule has 15 heavy (non-hydrogen) atoms. The summed E-state index contributed by atoms with van der Waals surface area (Å²) in [5.74, 6) is 0. The Balaban J connectivity index is 2.89. The Labute approximate surface area is 91.9 Å². The molecule has 0 aliphatic rings. The molecule has 0 spiro atoms. The Hall–Kier alpha value is -0.930. The van der Waals surface area contributed by atoms with Crippen molar-refractivity contribution in [2.75, 3.05) is 13.7 Å². The molecule has 1 aromatic rings. The Bertz CT molecular complexity index is 285. The van der Waals surface area contributed by atoms with E-state index in [1.807, 2.05) is 26.2 Å². The van der Waals surface area contributed by atoms with Gasteiger partial charge >= 0.3 is 0 Å². The largest absolute Gasteiger partial charge is 0.374 e. The summed E-state index contributed by atoms with van der Waals surface area (Å²) in [7, 11) is 1.94. The highest BCUT2D eigenvalue weighted by Crippen LogP contribution is 2.27. The molecular formula is C12H20N2O. The van der Waals surface area contributed by atoms with Crippen LogP contribution in [0.15, 0.2) is 24.5 Å². The lowest BCUT2D eigenvalue weighted by Gasteiger charge is -2.34. The van der Waals surface area contributed by atoms with Crippen molar-refractivity contribution in [3.8, 4) is 0 Å². The van der Waals surface area contributed by atoms with Crippen LogP contribution in [-0.2, 0) is 4.74 Å². The minimum absolute atomic E-state index is 0.158. The van der Waals surface area contributed by atoms with E-state index in [0.717, 1.165) is 5.56 Å². The lowest BCUT2D eigenvalue weighted by Crippen LogP contribution is -2.40. The van der Waals surface area contributed by atoms with E-state index in [1.54, 1.807) is 6.20 Å². The number of nitrogens with zero attached hydrogens (tertiary/aromatic N) is 1. The second-order valence-electron chi connectivity index (χ2n) is 4.04. The minimum atomic E-state index is -0.230. The summed E-state index contributed by atoms with van der Waals surface area (Å²) >= 11 is 0. The quantitative estimate of drug-likeness (QED) is 0.805. The third-order valence-electron chi connectivity index (χ3n) is 2.52. The first kappa shape index (κ1) is 12.1. The number of nitrogens with one attached hydrogen (secondary N) is 1. The topological polar surface area (TPSA) is 34.1 Å². The number of hydrogen-bond acceptors (Lipinski definition) is 3. The van der Waals surface area contributed by atoms with Crippen molar-refractivity contribution in [1.82, 2.24) is 10.3 Å². The second kappa shape index (κ2) is 5.24. The summed E-state index contributed by atoms with van der Waals surface area (Å²) in [6.45, 7) is 6.90. The monoisotopic (exact) mass is 208 g/mol. The Kier molecular flexibility index (Phi) is 4.24. The summed E-state index contributed by atoms with van der Waals surface area (Å²) in [6, 6.07) is 4.17. The van der Waals surface area contributed by atoms with Crippen LogP contribution in [0.25, 0.3) is 0 Å². The van der Waals surface area contributed by atoms with Crippen LogP contribution in [0.3, 0.4) is 0 Å². The molecule has 1 rings (SSSR count). The van der Waals surface area contributed by atoms with E-state index in [4.69, 9.17) is 4.74 Å². The third-order valence-corrected chi connectivity index (χ3v) is 2.52. The molecule has 0 amide bonds. The van der Waals surface area contributed by atoms with Crippen LogP contribution in [0.4, 0.5) is 0 Å². The molecule has 0 fully saturated rings. The highest BCUT2D eigenvalue weighted by atomic mass is 16.5. The highest BCUT2D eigenvalue weighted by Gasteiger charge is 2.30. The van der Waals surface area contributed by atoms with E-state index in [1.165, 1.54) is 0 Å². The lowest BCUT2D eigenvalue weighted by atomic mass is 9.93. The molecule has 0 saturated heterocycles. The molecular weight excluding hydrogens is 188 g/mol.